The minimum atomic E-state index is -4.43. The van der Waals surface area contributed by atoms with Crippen molar-refractivity contribution >= 4 is 38.4 Å². The van der Waals surface area contributed by atoms with Crippen LogP contribution in [0.5, 0.6) is 0 Å². The Kier molecular flexibility index (Phi) is 2.42. The molecule has 0 aliphatic heterocycles. The largest absolute Gasteiger partial charge is 0.418 e. The summed E-state index contributed by atoms with van der Waals surface area (Å²) >= 11 is 8.63. The Labute approximate surface area is 95.5 Å². The van der Waals surface area contributed by atoms with E-state index in [1.807, 2.05) is 0 Å². The van der Waals surface area contributed by atoms with E-state index in [0.717, 1.165) is 6.07 Å². The quantitative estimate of drug-likeness (QED) is 0.782. The molecule has 1 aromatic carbocycles. The van der Waals surface area contributed by atoms with E-state index in [1.165, 1.54) is 6.07 Å². The SMILES string of the molecule is FC(F)(F)c1cc(Br)cc2c(Cl)n[nH]c12. The molecule has 0 saturated heterocycles. The number of hydrogen-bond acceptors (Lipinski definition) is 1. The van der Waals surface area contributed by atoms with Crippen molar-refractivity contribution in [3.05, 3.63) is 27.3 Å². The highest BCUT2D eigenvalue weighted by Crippen LogP contribution is 2.37. The lowest BCUT2D eigenvalue weighted by Gasteiger charge is -2.07. The molecule has 0 aliphatic carbocycles. The maximum atomic E-state index is 12.6. The fraction of sp³-hybridized carbons (Fsp3) is 0.125. The molecule has 0 aliphatic rings. The zero-order chi connectivity index (χ0) is 11.2. The van der Waals surface area contributed by atoms with Gasteiger partial charge in [0.1, 0.15) is 0 Å². The third kappa shape index (κ3) is 1.83. The first kappa shape index (κ1) is 10.8. The first-order chi connectivity index (χ1) is 6.89. The monoisotopic (exact) mass is 298 g/mol. The van der Waals surface area contributed by atoms with Gasteiger partial charge < -0.3 is 0 Å². The molecule has 0 atom stereocenters. The van der Waals surface area contributed by atoms with Crippen LogP contribution in [0.3, 0.4) is 0 Å². The molecule has 0 amide bonds. The van der Waals surface area contributed by atoms with Gasteiger partial charge in [0, 0.05) is 9.86 Å². The molecular formula is C8H3BrClF3N2. The number of nitrogens with zero attached hydrogens (tertiary/aromatic N) is 1. The van der Waals surface area contributed by atoms with Crippen LogP contribution < -0.4 is 0 Å². The molecule has 2 nitrogen and oxygen atoms in total. The Hall–Kier alpha value is -0.750. The minimum Gasteiger partial charge on any atom is -0.276 e. The lowest BCUT2D eigenvalue weighted by molar-refractivity contribution is -0.136. The normalized spacial score (nSPS) is 12.3. The van der Waals surface area contributed by atoms with Crippen molar-refractivity contribution in [3.8, 4) is 0 Å². The average Bonchev–Trinajstić information content (AvgIpc) is 2.45. The Morgan fingerprint density at radius 1 is 1.33 bits per heavy atom. The standard InChI is InChI=1S/C8H3BrClF3N2/c9-3-1-4-6(14-15-7(4)10)5(2-3)8(11,12)13/h1-2H,(H,14,15). The van der Waals surface area contributed by atoms with E-state index in [0.29, 0.717) is 4.47 Å². The molecule has 1 aromatic heterocycles. The van der Waals surface area contributed by atoms with Gasteiger partial charge in [0.2, 0.25) is 0 Å². The van der Waals surface area contributed by atoms with Gasteiger partial charge in [0.25, 0.3) is 0 Å². The van der Waals surface area contributed by atoms with Crippen molar-refractivity contribution < 1.29 is 13.2 Å². The summed E-state index contributed by atoms with van der Waals surface area (Å²) in [6.07, 6.45) is -4.43. The maximum absolute atomic E-state index is 12.6. The second-order valence-corrected chi connectivity index (χ2v) is 4.16. The first-order valence-electron chi connectivity index (χ1n) is 3.80. The summed E-state index contributed by atoms with van der Waals surface area (Å²) in [5.74, 6) is 0. The fourth-order valence-electron chi connectivity index (χ4n) is 1.28. The molecule has 1 N–H and O–H groups in total. The highest BCUT2D eigenvalue weighted by atomic mass is 79.9. The zero-order valence-electron chi connectivity index (χ0n) is 6.99. The van der Waals surface area contributed by atoms with Gasteiger partial charge in [-0.2, -0.15) is 18.3 Å². The molecule has 15 heavy (non-hydrogen) atoms. The van der Waals surface area contributed by atoms with E-state index in [2.05, 4.69) is 26.1 Å². The highest BCUT2D eigenvalue weighted by molar-refractivity contribution is 9.10. The minimum absolute atomic E-state index is 0.0248. The Morgan fingerprint density at radius 3 is 2.60 bits per heavy atom. The number of aromatic nitrogens is 2. The van der Waals surface area contributed by atoms with Crippen molar-refractivity contribution in [2.24, 2.45) is 0 Å². The van der Waals surface area contributed by atoms with Crippen LogP contribution in [0, 0.1) is 0 Å². The number of fused-ring (bicyclic) bond motifs is 1. The van der Waals surface area contributed by atoms with E-state index in [4.69, 9.17) is 11.6 Å². The lowest BCUT2D eigenvalue weighted by atomic mass is 10.1. The number of benzene rings is 1. The van der Waals surface area contributed by atoms with Crippen LogP contribution in [0.15, 0.2) is 16.6 Å². The van der Waals surface area contributed by atoms with Gasteiger partial charge in [0.15, 0.2) is 5.15 Å². The molecule has 1 heterocycles. The molecule has 0 saturated carbocycles. The molecule has 0 unspecified atom stereocenters. The summed E-state index contributed by atoms with van der Waals surface area (Å²) in [4.78, 5) is 0. The lowest BCUT2D eigenvalue weighted by Crippen LogP contribution is -2.05. The van der Waals surface area contributed by atoms with Crippen molar-refractivity contribution in [2.45, 2.75) is 6.18 Å². The van der Waals surface area contributed by atoms with Gasteiger partial charge in [-0.05, 0) is 12.1 Å². The van der Waals surface area contributed by atoms with Crippen molar-refractivity contribution in [2.75, 3.05) is 0 Å². The van der Waals surface area contributed by atoms with Crippen LogP contribution >= 0.6 is 27.5 Å². The Bertz CT molecular complexity index is 520. The van der Waals surface area contributed by atoms with Crippen molar-refractivity contribution in [1.29, 1.82) is 0 Å². The number of nitrogens with one attached hydrogen (secondary N) is 1. The predicted molar refractivity (Wildman–Crippen MR) is 53.8 cm³/mol. The van der Waals surface area contributed by atoms with Crippen LogP contribution in [0.25, 0.3) is 10.9 Å². The second kappa shape index (κ2) is 3.38. The van der Waals surface area contributed by atoms with E-state index < -0.39 is 11.7 Å². The average molecular weight is 299 g/mol. The summed E-state index contributed by atoms with van der Waals surface area (Å²) < 4.78 is 38.1. The predicted octanol–water partition coefficient (Wildman–Crippen LogP) is 4.00. The molecule has 2 aromatic rings. The molecule has 0 bridgehead atoms. The number of aromatic amines is 1. The van der Waals surface area contributed by atoms with Crippen LogP contribution in [0.1, 0.15) is 5.56 Å². The fourth-order valence-corrected chi connectivity index (χ4v) is 1.93. The van der Waals surface area contributed by atoms with Crippen molar-refractivity contribution in [3.63, 3.8) is 0 Å². The van der Waals surface area contributed by atoms with Crippen LogP contribution in [0.4, 0.5) is 13.2 Å². The topological polar surface area (TPSA) is 28.7 Å². The van der Waals surface area contributed by atoms with Crippen LogP contribution in [-0.2, 0) is 6.18 Å². The molecule has 80 valence electrons. The van der Waals surface area contributed by atoms with E-state index in [9.17, 15) is 13.2 Å². The summed E-state index contributed by atoms with van der Waals surface area (Å²) in [5, 5.41) is 6.07. The summed E-state index contributed by atoms with van der Waals surface area (Å²) in [5.41, 5.74) is -0.887. The molecule has 7 heteroatoms. The van der Waals surface area contributed by atoms with Gasteiger partial charge in [-0.1, -0.05) is 27.5 Å². The molecule has 0 fully saturated rings. The maximum Gasteiger partial charge on any atom is 0.418 e. The smallest absolute Gasteiger partial charge is 0.276 e. The van der Waals surface area contributed by atoms with E-state index in [1.54, 1.807) is 0 Å². The summed E-state index contributed by atoms with van der Waals surface area (Å²) in [6.45, 7) is 0. The van der Waals surface area contributed by atoms with Gasteiger partial charge in [-0.25, -0.2) is 0 Å². The summed E-state index contributed by atoms with van der Waals surface area (Å²) in [7, 11) is 0. The molecule has 2 rings (SSSR count). The number of halogens is 5. The summed E-state index contributed by atoms with van der Waals surface area (Å²) in [6, 6.07) is 2.47. The van der Waals surface area contributed by atoms with Gasteiger partial charge in [0.05, 0.1) is 11.1 Å². The highest BCUT2D eigenvalue weighted by Gasteiger charge is 2.34. The van der Waals surface area contributed by atoms with Gasteiger partial charge in [-0.3, -0.25) is 5.10 Å². The third-order valence-corrected chi connectivity index (χ3v) is 2.64. The Morgan fingerprint density at radius 2 is 2.00 bits per heavy atom. The van der Waals surface area contributed by atoms with Crippen LogP contribution in [0.2, 0.25) is 5.15 Å². The number of hydrogen-bond donors (Lipinski definition) is 1. The van der Waals surface area contributed by atoms with Gasteiger partial charge in [-0.15, -0.1) is 0 Å². The zero-order valence-corrected chi connectivity index (χ0v) is 9.33. The third-order valence-electron chi connectivity index (χ3n) is 1.90. The van der Waals surface area contributed by atoms with E-state index in [-0.39, 0.29) is 16.1 Å². The second-order valence-electron chi connectivity index (χ2n) is 2.89. The molecule has 0 radical (unpaired) electrons. The number of H-pyrrole nitrogens is 1. The number of alkyl halides is 3. The Balaban J connectivity index is 2.84. The van der Waals surface area contributed by atoms with E-state index >= 15 is 0 Å². The van der Waals surface area contributed by atoms with Crippen LogP contribution in [-0.4, -0.2) is 10.2 Å². The molecular weight excluding hydrogens is 296 g/mol. The van der Waals surface area contributed by atoms with Crippen molar-refractivity contribution in [1.82, 2.24) is 10.2 Å². The van der Waals surface area contributed by atoms with Gasteiger partial charge >= 0.3 is 6.18 Å². The first-order valence-corrected chi connectivity index (χ1v) is 4.97. The number of rotatable bonds is 0. The molecule has 0 spiro atoms.